The molecule has 2 aromatic carbocycles. The SMILES string of the molecule is CS(=O)(=O)N1CCN(C(=O)N2CC(CCOc3cccc(C(F)(F)F)c3)C(c3ccc(Cl)c(Cl)c3)C2)CC1. The molecule has 2 heterocycles. The van der Waals surface area contributed by atoms with Gasteiger partial charge in [-0.3, -0.25) is 0 Å². The van der Waals surface area contributed by atoms with Gasteiger partial charge in [0.1, 0.15) is 5.75 Å². The second-order valence-corrected chi connectivity index (χ2v) is 12.3. The lowest BCUT2D eigenvalue weighted by atomic mass is 9.87. The van der Waals surface area contributed by atoms with Crippen LogP contribution in [0.2, 0.25) is 10.0 Å². The Morgan fingerprint density at radius 3 is 2.34 bits per heavy atom. The van der Waals surface area contributed by atoms with Crippen LogP contribution in [0.3, 0.4) is 0 Å². The summed E-state index contributed by atoms with van der Waals surface area (Å²) in [4.78, 5) is 16.7. The number of hydrogen-bond donors (Lipinski definition) is 0. The minimum Gasteiger partial charge on any atom is -0.494 e. The largest absolute Gasteiger partial charge is 0.494 e. The lowest BCUT2D eigenvalue weighted by molar-refractivity contribution is -0.137. The molecule has 0 saturated carbocycles. The zero-order valence-corrected chi connectivity index (χ0v) is 23.0. The number of urea groups is 1. The number of amides is 2. The molecule has 2 fully saturated rings. The molecular weight excluding hydrogens is 566 g/mol. The van der Waals surface area contributed by atoms with Gasteiger partial charge in [-0.25, -0.2) is 13.2 Å². The monoisotopic (exact) mass is 593 g/mol. The number of likely N-dealkylation sites (tertiary alicyclic amines) is 1. The van der Waals surface area contributed by atoms with Gasteiger partial charge in [0.15, 0.2) is 0 Å². The van der Waals surface area contributed by atoms with Gasteiger partial charge in [-0.05, 0) is 48.2 Å². The van der Waals surface area contributed by atoms with E-state index in [2.05, 4.69) is 0 Å². The zero-order valence-electron chi connectivity index (χ0n) is 20.6. The van der Waals surface area contributed by atoms with Crippen LogP contribution in [0.25, 0.3) is 0 Å². The highest BCUT2D eigenvalue weighted by Gasteiger charge is 2.39. The van der Waals surface area contributed by atoms with Crippen molar-refractivity contribution >= 4 is 39.3 Å². The maximum Gasteiger partial charge on any atom is 0.416 e. The van der Waals surface area contributed by atoms with Crippen molar-refractivity contribution in [2.45, 2.75) is 18.5 Å². The van der Waals surface area contributed by atoms with Gasteiger partial charge in [0.25, 0.3) is 0 Å². The van der Waals surface area contributed by atoms with Crippen LogP contribution in [-0.2, 0) is 16.2 Å². The van der Waals surface area contributed by atoms with E-state index in [0.717, 1.165) is 24.0 Å². The van der Waals surface area contributed by atoms with E-state index in [-0.39, 0.29) is 43.3 Å². The first kappa shape index (κ1) is 28.8. The quantitative estimate of drug-likeness (QED) is 0.462. The van der Waals surface area contributed by atoms with Gasteiger partial charge in [0.05, 0.1) is 28.5 Å². The summed E-state index contributed by atoms with van der Waals surface area (Å²) in [5.74, 6) is -0.00368. The summed E-state index contributed by atoms with van der Waals surface area (Å²) in [6.45, 7) is 2.07. The molecule has 2 atom stereocenters. The molecule has 7 nitrogen and oxygen atoms in total. The van der Waals surface area contributed by atoms with E-state index in [4.69, 9.17) is 27.9 Å². The zero-order chi connectivity index (χ0) is 27.7. The number of rotatable bonds is 6. The number of sulfonamides is 1. The molecule has 38 heavy (non-hydrogen) atoms. The third kappa shape index (κ3) is 6.86. The Morgan fingerprint density at radius 1 is 1.00 bits per heavy atom. The van der Waals surface area contributed by atoms with Crippen molar-refractivity contribution in [3.63, 3.8) is 0 Å². The van der Waals surface area contributed by atoms with Crippen molar-refractivity contribution in [2.75, 3.05) is 52.1 Å². The second kappa shape index (κ2) is 11.5. The predicted molar refractivity (Wildman–Crippen MR) is 139 cm³/mol. The topological polar surface area (TPSA) is 70.2 Å². The summed E-state index contributed by atoms with van der Waals surface area (Å²) in [5.41, 5.74) is 0.123. The standard InChI is InChI=1S/C25H28Cl2F3N3O4S/c1-38(35,36)33-10-8-31(9-11-33)24(34)32-15-18(21(16-32)17-5-6-22(26)23(27)13-17)7-12-37-20-4-2-3-19(14-20)25(28,29)30/h2-6,13-14,18,21H,7-12,15-16H2,1H3. The Bertz CT molecular complexity index is 1270. The van der Waals surface area contributed by atoms with Crippen LogP contribution in [0, 0.1) is 5.92 Å². The first-order chi connectivity index (χ1) is 17.8. The van der Waals surface area contributed by atoms with E-state index in [1.807, 2.05) is 6.07 Å². The number of ether oxygens (including phenoxy) is 1. The van der Waals surface area contributed by atoms with Gasteiger partial charge in [-0.1, -0.05) is 35.3 Å². The first-order valence-electron chi connectivity index (χ1n) is 12.1. The van der Waals surface area contributed by atoms with Crippen LogP contribution in [-0.4, -0.2) is 80.7 Å². The van der Waals surface area contributed by atoms with Crippen LogP contribution in [0.1, 0.15) is 23.5 Å². The fraction of sp³-hybridized carbons (Fsp3) is 0.480. The highest BCUT2D eigenvalue weighted by molar-refractivity contribution is 7.88. The Labute approximate surface area is 230 Å². The Balaban J connectivity index is 1.45. The van der Waals surface area contributed by atoms with Crippen molar-refractivity contribution in [1.82, 2.24) is 14.1 Å². The summed E-state index contributed by atoms with van der Waals surface area (Å²) in [6.07, 6.45) is -2.82. The number of piperazine rings is 1. The van der Waals surface area contributed by atoms with Crippen molar-refractivity contribution in [3.05, 3.63) is 63.6 Å². The van der Waals surface area contributed by atoms with Gasteiger partial charge < -0.3 is 14.5 Å². The van der Waals surface area contributed by atoms with E-state index in [1.54, 1.807) is 21.9 Å². The lowest BCUT2D eigenvalue weighted by Gasteiger charge is -2.35. The molecule has 2 aromatic rings. The number of hydrogen-bond acceptors (Lipinski definition) is 4. The van der Waals surface area contributed by atoms with Crippen LogP contribution in [0.4, 0.5) is 18.0 Å². The molecule has 2 aliphatic heterocycles. The Kier molecular flexibility index (Phi) is 8.71. The number of carbonyl (C=O) groups is 1. The molecule has 2 unspecified atom stereocenters. The van der Waals surface area contributed by atoms with Gasteiger partial charge in [0.2, 0.25) is 10.0 Å². The molecule has 0 spiro atoms. The minimum atomic E-state index is -4.46. The minimum absolute atomic E-state index is 0.0423. The predicted octanol–water partition coefficient (Wildman–Crippen LogP) is 5.19. The van der Waals surface area contributed by atoms with Crippen LogP contribution in [0.15, 0.2) is 42.5 Å². The number of benzene rings is 2. The number of nitrogens with zero attached hydrogens (tertiary/aromatic N) is 3. The van der Waals surface area contributed by atoms with Gasteiger partial charge in [-0.2, -0.15) is 17.5 Å². The van der Waals surface area contributed by atoms with Gasteiger partial charge in [0, 0.05) is 45.2 Å². The highest BCUT2D eigenvalue weighted by Crippen LogP contribution is 2.38. The number of alkyl halides is 3. The molecule has 0 radical (unpaired) electrons. The van der Waals surface area contributed by atoms with Crippen LogP contribution >= 0.6 is 23.2 Å². The average molecular weight is 594 g/mol. The van der Waals surface area contributed by atoms with E-state index in [0.29, 0.717) is 42.6 Å². The third-order valence-electron chi connectivity index (χ3n) is 6.98. The molecule has 0 aromatic heterocycles. The molecular formula is C25H28Cl2F3N3O4S. The van der Waals surface area contributed by atoms with Gasteiger partial charge >= 0.3 is 12.2 Å². The van der Waals surface area contributed by atoms with Crippen LogP contribution in [0.5, 0.6) is 5.75 Å². The normalized spacial score (nSPS) is 21.1. The molecule has 2 aliphatic rings. The summed E-state index contributed by atoms with van der Waals surface area (Å²) in [5, 5.41) is 0.805. The first-order valence-corrected chi connectivity index (χ1v) is 14.7. The maximum atomic E-state index is 13.3. The number of carbonyl (C=O) groups excluding carboxylic acids is 1. The summed E-state index contributed by atoms with van der Waals surface area (Å²) in [7, 11) is -3.32. The second-order valence-electron chi connectivity index (χ2n) is 9.54. The van der Waals surface area contributed by atoms with E-state index < -0.39 is 21.8 Å². The summed E-state index contributed by atoms with van der Waals surface area (Å²) < 4.78 is 69.7. The van der Waals surface area contributed by atoms with E-state index in [9.17, 15) is 26.4 Å². The molecule has 4 rings (SSSR count). The average Bonchev–Trinajstić information content (AvgIpc) is 3.28. The molecule has 0 aliphatic carbocycles. The Morgan fingerprint density at radius 2 is 1.71 bits per heavy atom. The highest BCUT2D eigenvalue weighted by atomic mass is 35.5. The molecule has 208 valence electrons. The van der Waals surface area contributed by atoms with Crippen molar-refractivity contribution in [3.8, 4) is 5.75 Å². The van der Waals surface area contributed by atoms with Crippen molar-refractivity contribution in [2.24, 2.45) is 5.92 Å². The van der Waals surface area contributed by atoms with E-state index in [1.165, 1.54) is 16.4 Å². The van der Waals surface area contributed by atoms with Crippen molar-refractivity contribution < 1.29 is 31.1 Å². The molecule has 2 saturated heterocycles. The van der Waals surface area contributed by atoms with E-state index >= 15 is 0 Å². The summed E-state index contributed by atoms with van der Waals surface area (Å²) in [6, 6.07) is 9.89. The smallest absolute Gasteiger partial charge is 0.416 e. The molecule has 13 heteroatoms. The number of halogens is 5. The summed E-state index contributed by atoms with van der Waals surface area (Å²) >= 11 is 12.4. The molecule has 2 amide bonds. The third-order valence-corrected chi connectivity index (χ3v) is 9.02. The molecule has 0 N–H and O–H groups in total. The van der Waals surface area contributed by atoms with Gasteiger partial charge in [-0.15, -0.1) is 0 Å². The lowest BCUT2D eigenvalue weighted by Crippen LogP contribution is -2.53. The molecule has 0 bridgehead atoms. The van der Waals surface area contributed by atoms with Crippen molar-refractivity contribution in [1.29, 1.82) is 0 Å². The fourth-order valence-electron chi connectivity index (χ4n) is 4.94. The van der Waals surface area contributed by atoms with Crippen LogP contribution < -0.4 is 4.74 Å². The Hall–Kier alpha value is -2.21. The maximum absolute atomic E-state index is 13.3. The fourth-order valence-corrected chi connectivity index (χ4v) is 6.08.